The Kier molecular flexibility index (Phi) is 1.61. The maximum Gasteiger partial charge on any atom is 0.176 e. The summed E-state index contributed by atoms with van der Waals surface area (Å²) in [6, 6.07) is 0. The summed E-state index contributed by atoms with van der Waals surface area (Å²) in [6.07, 6.45) is 0. The van der Waals surface area contributed by atoms with Gasteiger partial charge in [-0.2, -0.15) is 0 Å². The van der Waals surface area contributed by atoms with Crippen molar-refractivity contribution in [2.75, 3.05) is 13.2 Å². The van der Waals surface area contributed by atoms with E-state index in [2.05, 4.69) is 24.8 Å². The van der Waals surface area contributed by atoms with Gasteiger partial charge in [-0.3, -0.25) is 5.32 Å². The number of ether oxygens (including phenoxy) is 1. The van der Waals surface area contributed by atoms with E-state index >= 15 is 0 Å². The topological polar surface area (TPSA) is 70.7 Å². The zero-order valence-electron chi connectivity index (χ0n) is 5.14. The Balaban J connectivity index is 1.98. The molecule has 1 fully saturated rings. The van der Waals surface area contributed by atoms with Crippen molar-refractivity contribution < 1.29 is 4.74 Å². The van der Waals surface area contributed by atoms with Crippen LogP contribution >= 0.6 is 11.3 Å². The summed E-state index contributed by atoms with van der Waals surface area (Å²) in [5, 5.41) is 9.90. The molecule has 0 radical (unpaired) electrons. The van der Waals surface area contributed by atoms with Crippen molar-refractivity contribution in [2.24, 2.45) is 19.5 Å². The van der Waals surface area contributed by atoms with Crippen LogP contribution in [-0.2, 0) is 4.74 Å². The summed E-state index contributed by atoms with van der Waals surface area (Å²) in [5.74, 6) is 0. The van der Waals surface area contributed by atoms with Crippen molar-refractivity contribution in [1.29, 1.82) is 0 Å². The SMILES string of the molecule is C1COC([SH]2N=NN=N2)N1. The fraction of sp³-hybridized carbons (Fsp3) is 1.00. The molecule has 0 aromatic rings. The molecule has 0 amide bonds. The van der Waals surface area contributed by atoms with Crippen LogP contribution in [-0.4, -0.2) is 18.7 Å². The lowest BCUT2D eigenvalue weighted by Crippen LogP contribution is -2.20. The van der Waals surface area contributed by atoms with E-state index in [1.54, 1.807) is 0 Å². The first-order valence-corrected chi connectivity index (χ1v) is 4.24. The van der Waals surface area contributed by atoms with E-state index in [9.17, 15) is 0 Å². The number of hydrogen-bond acceptors (Lipinski definition) is 6. The first-order chi connectivity index (χ1) is 4.97. The second kappa shape index (κ2) is 2.60. The third-order valence-corrected chi connectivity index (χ3v) is 2.49. The smallest absolute Gasteiger partial charge is 0.176 e. The van der Waals surface area contributed by atoms with E-state index < -0.39 is 11.3 Å². The molecular formula is C3H7N5OS. The Morgan fingerprint density at radius 2 is 2.20 bits per heavy atom. The third kappa shape index (κ3) is 1.02. The minimum atomic E-state index is -0.863. The monoisotopic (exact) mass is 161 g/mol. The molecule has 0 aromatic heterocycles. The summed E-state index contributed by atoms with van der Waals surface area (Å²) < 4.78 is 12.8. The lowest BCUT2D eigenvalue weighted by Gasteiger charge is -2.11. The van der Waals surface area contributed by atoms with Crippen molar-refractivity contribution in [1.82, 2.24) is 5.32 Å². The van der Waals surface area contributed by atoms with E-state index in [0.29, 0.717) is 0 Å². The van der Waals surface area contributed by atoms with E-state index in [1.807, 2.05) is 0 Å². The number of hydrogen-bond donors (Lipinski definition) is 2. The van der Waals surface area contributed by atoms with E-state index in [4.69, 9.17) is 4.74 Å². The molecule has 7 heteroatoms. The molecule has 2 rings (SSSR count). The Hall–Kier alpha value is -0.530. The first-order valence-electron chi connectivity index (χ1n) is 2.92. The normalized spacial score (nSPS) is 34.0. The van der Waals surface area contributed by atoms with E-state index in [1.165, 1.54) is 0 Å². The summed E-state index contributed by atoms with van der Waals surface area (Å²) in [5.41, 5.74) is -0.0509. The molecule has 10 heavy (non-hydrogen) atoms. The highest BCUT2D eigenvalue weighted by Gasteiger charge is 2.23. The van der Waals surface area contributed by atoms with Gasteiger partial charge in [-0.1, -0.05) is 9.04 Å². The zero-order valence-corrected chi connectivity index (χ0v) is 6.03. The summed E-state index contributed by atoms with van der Waals surface area (Å²) in [6.45, 7) is 1.60. The maximum absolute atomic E-state index is 5.25. The van der Waals surface area contributed by atoms with Gasteiger partial charge in [0.15, 0.2) is 5.56 Å². The molecule has 2 aliphatic rings. The van der Waals surface area contributed by atoms with Crippen LogP contribution in [0.5, 0.6) is 0 Å². The lowest BCUT2D eigenvalue weighted by molar-refractivity contribution is 0.166. The van der Waals surface area contributed by atoms with E-state index in [0.717, 1.165) is 13.2 Å². The zero-order chi connectivity index (χ0) is 6.81. The standard InChI is InChI=1S/C3H7N5OS/c1-2-9-3(4-1)10-7-5-6-8-10/h3-4,10H,1-2H2. The van der Waals surface area contributed by atoms with Gasteiger partial charge in [0.2, 0.25) is 0 Å². The van der Waals surface area contributed by atoms with Crippen molar-refractivity contribution in [2.45, 2.75) is 5.56 Å². The van der Waals surface area contributed by atoms with Crippen molar-refractivity contribution in [3.8, 4) is 0 Å². The van der Waals surface area contributed by atoms with Crippen molar-refractivity contribution in [3.63, 3.8) is 0 Å². The highest BCUT2D eigenvalue weighted by Crippen LogP contribution is 2.39. The lowest BCUT2D eigenvalue weighted by atomic mass is 10.7. The summed E-state index contributed by atoms with van der Waals surface area (Å²) in [7, 11) is 0. The predicted molar refractivity (Wildman–Crippen MR) is 36.4 cm³/mol. The van der Waals surface area contributed by atoms with Gasteiger partial charge in [0.1, 0.15) is 0 Å². The highest BCUT2D eigenvalue weighted by atomic mass is 32.2. The van der Waals surface area contributed by atoms with E-state index in [-0.39, 0.29) is 5.56 Å². The molecule has 1 saturated heterocycles. The molecule has 0 saturated carbocycles. The van der Waals surface area contributed by atoms with Crippen LogP contribution in [0.15, 0.2) is 19.5 Å². The molecule has 1 atom stereocenters. The van der Waals surface area contributed by atoms with Crippen LogP contribution in [0.2, 0.25) is 0 Å². The number of thiol groups is 1. The quantitative estimate of drug-likeness (QED) is 0.551. The third-order valence-electron chi connectivity index (χ3n) is 1.21. The molecule has 0 aromatic carbocycles. The maximum atomic E-state index is 5.25. The number of rotatable bonds is 1. The van der Waals surface area contributed by atoms with Gasteiger partial charge < -0.3 is 4.74 Å². The Morgan fingerprint density at radius 3 is 2.80 bits per heavy atom. The van der Waals surface area contributed by atoms with Crippen LogP contribution in [0.1, 0.15) is 0 Å². The van der Waals surface area contributed by atoms with Gasteiger partial charge in [-0.05, 0) is 10.4 Å². The van der Waals surface area contributed by atoms with Crippen LogP contribution < -0.4 is 5.32 Å². The molecular weight excluding hydrogens is 154 g/mol. The highest BCUT2D eigenvalue weighted by molar-refractivity contribution is 8.14. The molecule has 6 nitrogen and oxygen atoms in total. The predicted octanol–water partition coefficient (Wildman–Crippen LogP) is 0.554. The largest absolute Gasteiger partial charge is 0.351 e. The minimum Gasteiger partial charge on any atom is -0.351 e. The van der Waals surface area contributed by atoms with Gasteiger partial charge >= 0.3 is 0 Å². The molecule has 0 aliphatic carbocycles. The number of nitrogens with one attached hydrogen (secondary N) is 1. The van der Waals surface area contributed by atoms with Gasteiger partial charge in [0.05, 0.1) is 6.61 Å². The molecule has 2 heterocycles. The molecule has 0 spiro atoms. The van der Waals surface area contributed by atoms with Crippen molar-refractivity contribution >= 4 is 11.3 Å². The second-order valence-electron chi connectivity index (χ2n) is 1.86. The first kappa shape index (κ1) is 6.20. The molecule has 56 valence electrons. The fourth-order valence-electron chi connectivity index (χ4n) is 0.790. The number of nitrogens with zero attached hydrogens (tertiary/aromatic N) is 4. The molecule has 2 aliphatic heterocycles. The Labute approximate surface area is 60.3 Å². The van der Waals surface area contributed by atoms with Gasteiger partial charge in [-0.25, -0.2) is 0 Å². The van der Waals surface area contributed by atoms with Crippen LogP contribution in [0, 0.1) is 0 Å². The average Bonchev–Trinajstić information content (AvgIpc) is 2.59. The van der Waals surface area contributed by atoms with Gasteiger partial charge in [-0.15, -0.1) is 0 Å². The molecule has 1 N–H and O–H groups in total. The van der Waals surface area contributed by atoms with Crippen LogP contribution in [0.3, 0.4) is 0 Å². The molecule has 1 unspecified atom stereocenters. The van der Waals surface area contributed by atoms with Gasteiger partial charge in [0, 0.05) is 17.8 Å². The van der Waals surface area contributed by atoms with Crippen molar-refractivity contribution in [3.05, 3.63) is 0 Å². The second-order valence-corrected chi connectivity index (χ2v) is 3.32. The van der Waals surface area contributed by atoms with Crippen LogP contribution in [0.25, 0.3) is 0 Å². The average molecular weight is 161 g/mol. The minimum absolute atomic E-state index is 0.0509. The fourth-order valence-corrected chi connectivity index (χ4v) is 1.78. The Bertz CT molecular complexity index is 164. The van der Waals surface area contributed by atoms with Crippen LogP contribution in [0.4, 0.5) is 0 Å². The summed E-state index contributed by atoms with van der Waals surface area (Å²) in [4.78, 5) is 0. The summed E-state index contributed by atoms with van der Waals surface area (Å²) >= 11 is -0.863. The molecule has 0 bridgehead atoms. The van der Waals surface area contributed by atoms with Gasteiger partial charge in [0.25, 0.3) is 0 Å². The Morgan fingerprint density at radius 1 is 1.40 bits per heavy atom.